The lowest BCUT2D eigenvalue weighted by atomic mass is 10.1. The largest absolute Gasteiger partial charge is 0.416 e. The van der Waals surface area contributed by atoms with Crippen molar-refractivity contribution in [3.63, 3.8) is 0 Å². The standard InChI is InChI=1S/C16H20F3N3O/c1-2-23-10-9-21-5-7-22(8-6-21)15-4-3-14(16(17,18)19)11-13(15)12-20/h3-4,11H,2,5-10H2,1H3. The van der Waals surface area contributed by atoms with Crippen molar-refractivity contribution in [3.05, 3.63) is 29.3 Å². The normalized spacial score (nSPS) is 16.4. The highest BCUT2D eigenvalue weighted by Gasteiger charge is 2.31. The predicted octanol–water partition coefficient (Wildman–Crippen LogP) is 2.74. The minimum absolute atomic E-state index is 0.0718. The fourth-order valence-electron chi connectivity index (χ4n) is 2.63. The van der Waals surface area contributed by atoms with Gasteiger partial charge in [0.15, 0.2) is 0 Å². The Kier molecular flexibility index (Phi) is 5.85. The maximum absolute atomic E-state index is 12.7. The molecule has 0 N–H and O–H groups in total. The van der Waals surface area contributed by atoms with Crippen molar-refractivity contribution < 1.29 is 17.9 Å². The van der Waals surface area contributed by atoms with Gasteiger partial charge in [-0.15, -0.1) is 0 Å². The Balaban J connectivity index is 2.02. The molecule has 0 aromatic heterocycles. The van der Waals surface area contributed by atoms with Gasteiger partial charge < -0.3 is 9.64 Å². The van der Waals surface area contributed by atoms with Gasteiger partial charge in [0.2, 0.25) is 0 Å². The first-order chi connectivity index (χ1) is 11.0. The van der Waals surface area contributed by atoms with Crippen molar-refractivity contribution in [1.29, 1.82) is 5.26 Å². The van der Waals surface area contributed by atoms with Gasteiger partial charge >= 0.3 is 6.18 Å². The van der Waals surface area contributed by atoms with Crippen LogP contribution < -0.4 is 4.90 Å². The topological polar surface area (TPSA) is 39.5 Å². The Hall–Kier alpha value is -1.78. The number of piperazine rings is 1. The van der Waals surface area contributed by atoms with E-state index in [0.29, 0.717) is 32.0 Å². The molecule has 126 valence electrons. The number of nitriles is 1. The number of alkyl halides is 3. The van der Waals surface area contributed by atoms with Crippen molar-refractivity contribution in [2.75, 3.05) is 50.8 Å². The van der Waals surface area contributed by atoms with E-state index in [1.165, 1.54) is 6.07 Å². The summed E-state index contributed by atoms with van der Waals surface area (Å²) in [5.41, 5.74) is -0.138. The van der Waals surface area contributed by atoms with Gasteiger partial charge in [-0.3, -0.25) is 4.90 Å². The van der Waals surface area contributed by atoms with Gasteiger partial charge in [0.25, 0.3) is 0 Å². The molecule has 1 aliphatic rings. The van der Waals surface area contributed by atoms with E-state index in [1.54, 1.807) is 0 Å². The zero-order valence-electron chi connectivity index (χ0n) is 13.1. The van der Waals surface area contributed by atoms with E-state index in [0.717, 1.165) is 31.8 Å². The highest BCUT2D eigenvalue weighted by molar-refractivity contribution is 5.61. The maximum atomic E-state index is 12.7. The molecule has 4 nitrogen and oxygen atoms in total. The van der Waals surface area contributed by atoms with Crippen LogP contribution in [0, 0.1) is 11.3 Å². The monoisotopic (exact) mass is 327 g/mol. The lowest BCUT2D eigenvalue weighted by Gasteiger charge is -2.36. The van der Waals surface area contributed by atoms with Crippen molar-refractivity contribution in [3.8, 4) is 6.07 Å². The van der Waals surface area contributed by atoms with Crippen molar-refractivity contribution >= 4 is 5.69 Å². The van der Waals surface area contributed by atoms with E-state index in [4.69, 9.17) is 10.00 Å². The first kappa shape index (κ1) is 17.6. The second-order valence-electron chi connectivity index (χ2n) is 5.37. The van der Waals surface area contributed by atoms with E-state index in [-0.39, 0.29) is 5.56 Å². The maximum Gasteiger partial charge on any atom is 0.416 e. The Morgan fingerprint density at radius 2 is 1.91 bits per heavy atom. The minimum Gasteiger partial charge on any atom is -0.380 e. The van der Waals surface area contributed by atoms with Gasteiger partial charge in [-0.25, -0.2) is 0 Å². The van der Waals surface area contributed by atoms with Crippen LogP contribution in [0.15, 0.2) is 18.2 Å². The molecule has 0 atom stereocenters. The first-order valence-electron chi connectivity index (χ1n) is 7.62. The predicted molar refractivity (Wildman–Crippen MR) is 81.3 cm³/mol. The molecule has 1 aliphatic heterocycles. The van der Waals surface area contributed by atoms with Crippen LogP contribution in [0.4, 0.5) is 18.9 Å². The number of hydrogen-bond donors (Lipinski definition) is 0. The molecule has 0 bridgehead atoms. The number of halogens is 3. The van der Waals surface area contributed by atoms with Gasteiger partial charge in [-0.2, -0.15) is 18.4 Å². The summed E-state index contributed by atoms with van der Waals surface area (Å²) >= 11 is 0. The molecule has 2 rings (SSSR count). The van der Waals surface area contributed by atoms with Crippen LogP contribution in [0.1, 0.15) is 18.1 Å². The molecule has 1 saturated heterocycles. The van der Waals surface area contributed by atoms with Crippen LogP contribution in [0.2, 0.25) is 0 Å². The van der Waals surface area contributed by atoms with E-state index in [9.17, 15) is 13.2 Å². The summed E-state index contributed by atoms with van der Waals surface area (Å²) in [6.07, 6.45) is -4.43. The minimum atomic E-state index is -4.43. The van der Waals surface area contributed by atoms with Crippen molar-refractivity contribution in [1.82, 2.24) is 4.90 Å². The summed E-state index contributed by atoms with van der Waals surface area (Å²) < 4.78 is 43.5. The van der Waals surface area contributed by atoms with Crippen LogP contribution in [0.5, 0.6) is 0 Å². The molecule has 0 radical (unpaired) electrons. The van der Waals surface area contributed by atoms with Gasteiger partial charge in [-0.05, 0) is 25.1 Å². The van der Waals surface area contributed by atoms with E-state index < -0.39 is 11.7 Å². The third-order valence-corrected chi connectivity index (χ3v) is 3.91. The molecule has 0 aliphatic carbocycles. The highest BCUT2D eigenvalue weighted by Crippen LogP contribution is 2.32. The smallest absolute Gasteiger partial charge is 0.380 e. The van der Waals surface area contributed by atoms with Gasteiger partial charge in [0.05, 0.1) is 23.4 Å². The molecule has 7 heteroatoms. The fourth-order valence-corrected chi connectivity index (χ4v) is 2.63. The molecule has 1 aromatic rings. The first-order valence-corrected chi connectivity index (χ1v) is 7.62. The lowest BCUT2D eigenvalue weighted by molar-refractivity contribution is -0.137. The average molecular weight is 327 g/mol. The van der Waals surface area contributed by atoms with E-state index in [2.05, 4.69) is 4.90 Å². The molecular formula is C16H20F3N3O. The summed E-state index contributed by atoms with van der Waals surface area (Å²) in [5.74, 6) is 0. The number of anilines is 1. The average Bonchev–Trinajstić information content (AvgIpc) is 2.54. The number of benzene rings is 1. The molecular weight excluding hydrogens is 307 g/mol. The van der Waals surface area contributed by atoms with Crippen LogP contribution in [0.25, 0.3) is 0 Å². The second-order valence-corrected chi connectivity index (χ2v) is 5.37. The third-order valence-electron chi connectivity index (χ3n) is 3.91. The van der Waals surface area contributed by atoms with Gasteiger partial charge in [-0.1, -0.05) is 0 Å². The highest BCUT2D eigenvalue weighted by atomic mass is 19.4. The number of rotatable bonds is 5. The Bertz CT molecular complexity index is 561. The second kappa shape index (κ2) is 7.66. The zero-order valence-corrected chi connectivity index (χ0v) is 13.1. The van der Waals surface area contributed by atoms with Crippen LogP contribution in [0.3, 0.4) is 0 Å². The summed E-state index contributed by atoms with van der Waals surface area (Å²) in [5, 5.41) is 9.16. The quantitative estimate of drug-likeness (QED) is 0.780. The number of hydrogen-bond acceptors (Lipinski definition) is 4. The van der Waals surface area contributed by atoms with Gasteiger partial charge in [0.1, 0.15) is 6.07 Å². The molecule has 0 unspecified atom stereocenters. The molecule has 0 spiro atoms. The summed E-state index contributed by atoms with van der Waals surface area (Å²) in [4.78, 5) is 4.22. The molecule has 0 saturated carbocycles. The van der Waals surface area contributed by atoms with E-state index in [1.807, 2.05) is 17.9 Å². The van der Waals surface area contributed by atoms with Gasteiger partial charge in [0, 0.05) is 39.3 Å². The Morgan fingerprint density at radius 1 is 1.22 bits per heavy atom. The van der Waals surface area contributed by atoms with Crippen molar-refractivity contribution in [2.24, 2.45) is 0 Å². The zero-order chi connectivity index (χ0) is 16.9. The van der Waals surface area contributed by atoms with Crippen LogP contribution in [-0.2, 0) is 10.9 Å². The van der Waals surface area contributed by atoms with Crippen LogP contribution >= 0.6 is 0 Å². The fraction of sp³-hybridized carbons (Fsp3) is 0.562. The number of nitrogens with zero attached hydrogens (tertiary/aromatic N) is 3. The van der Waals surface area contributed by atoms with Crippen molar-refractivity contribution in [2.45, 2.75) is 13.1 Å². The molecule has 23 heavy (non-hydrogen) atoms. The Labute approximate surface area is 134 Å². The molecule has 1 aromatic carbocycles. The summed E-state index contributed by atoms with van der Waals surface area (Å²) in [6, 6.07) is 5.25. The SMILES string of the molecule is CCOCCN1CCN(c2ccc(C(F)(F)F)cc2C#N)CC1. The third kappa shape index (κ3) is 4.60. The van der Waals surface area contributed by atoms with E-state index >= 15 is 0 Å². The molecule has 1 fully saturated rings. The summed E-state index contributed by atoms with van der Waals surface area (Å²) in [7, 11) is 0. The van der Waals surface area contributed by atoms with Crippen LogP contribution in [-0.4, -0.2) is 50.8 Å². The molecule has 1 heterocycles. The lowest BCUT2D eigenvalue weighted by Crippen LogP contribution is -2.47. The number of ether oxygens (including phenoxy) is 1. The Morgan fingerprint density at radius 3 is 2.48 bits per heavy atom. The summed E-state index contributed by atoms with van der Waals surface area (Å²) in [6.45, 7) is 7.15. The molecule has 0 amide bonds.